The predicted octanol–water partition coefficient (Wildman–Crippen LogP) is 2.76. The van der Waals surface area contributed by atoms with Crippen LogP contribution in [0.25, 0.3) is 10.8 Å². The summed E-state index contributed by atoms with van der Waals surface area (Å²) in [7, 11) is 0. The zero-order valence-electron chi connectivity index (χ0n) is 12.6. The first-order chi connectivity index (χ1) is 10.4. The van der Waals surface area contributed by atoms with Crippen LogP contribution >= 0.6 is 0 Å². The van der Waals surface area contributed by atoms with Crippen molar-refractivity contribution in [3.8, 4) is 0 Å². The Morgan fingerprint density at radius 3 is 2.86 bits per heavy atom. The number of anilines is 1. The molecule has 1 aromatic carbocycles. The molecule has 1 atom stereocenters. The highest BCUT2D eigenvalue weighted by Gasteiger charge is 2.19. The first-order valence-electron chi connectivity index (χ1n) is 7.78. The summed E-state index contributed by atoms with van der Waals surface area (Å²) in [5.41, 5.74) is 0. The number of benzene rings is 1. The first-order valence-corrected chi connectivity index (χ1v) is 7.78. The minimum absolute atomic E-state index is 0.537. The van der Waals surface area contributed by atoms with Crippen LogP contribution in [0, 0.1) is 0 Å². The molecule has 4 heteroatoms. The number of morpholine rings is 1. The van der Waals surface area contributed by atoms with E-state index in [0.717, 1.165) is 45.1 Å². The Hall–Kier alpha value is -1.65. The molecule has 1 aliphatic heterocycles. The van der Waals surface area contributed by atoms with Crippen LogP contribution in [-0.2, 0) is 4.74 Å². The zero-order valence-corrected chi connectivity index (χ0v) is 12.6. The van der Waals surface area contributed by atoms with Crippen LogP contribution in [0.15, 0.2) is 36.5 Å². The van der Waals surface area contributed by atoms with E-state index in [-0.39, 0.29) is 0 Å². The SMILES string of the molecule is CC[C@H](CNc1nccc2ccccc12)N1CCOCC1. The smallest absolute Gasteiger partial charge is 0.133 e. The number of nitrogens with one attached hydrogen (secondary N) is 1. The van der Waals surface area contributed by atoms with E-state index in [1.54, 1.807) is 0 Å². The maximum Gasteiger partial charge on any atom is 0.133 e. The van der Waals surface area contributed by atoms with E-state index in [2.05, 4.69) is 52.5 Å². The monoisotopic (exact) mass is 285 g/mol. The van der Waals surface area contributed by atoms with E-state index in [1.165, 1.54) is 10.8 Å². The average molecular weight is 285 g/mol. The van der Waals surface area contributed by atoms with E-state index in [1.807, 2.05) is 6.20 Å². The fraction of sp³-hybridized carbons (Fsp3) is 0.471. The molecule has 1 N–H and O–H groups in total. The Morgan fingerprint density at radius 1 is 1.24 bits per heavy atom. The fourth-order valence-electron chi connectivity index (χ4n) is 2.95. The Labute approximate surface area is 126 Å². The van der Waals surface area contributed by atoms with Gasteiger partial charge in [0.2, 0.25) is 0 Å². The Bertz CT molecular complexity index is 576. The van der Waals surface area contributed by atoms with Gasteiger partial charge in [-0.3, -0.25) is 4.90 Å². The van der Waals surface area contributed by atoms with Crippen LogP contribution in [0.5, 0.6) is 0 Å². The molecule has 1 aromatic heterocycles. The summed E-state index contributed by atoms with van der Waals surface area (Å²) >= 11 is 0. The molecule has 0 unspecified atom stereocenters. The summed E-state index contributed by atoms with van der Waals surface area (Å²) < 4.78 is 5.44. The highest BCUT2D eigenvalue weighted by molar-refractivity contribution is 5.91. The number of rotatable bonds is 5. The standard InChI is InChI=1S/C17H23N3O/c1-2-15(20-9-11-21-12-10-20)13-19-17-16-6-4-3-5-14(16)7-8-18-17/h3-8,15H,2,9-13H2,1H3,(H,18,19)/t15-/m1/s1. The van der Waals surface area contributed by atoms with E-state index >= 15 is 0 Å². The third kappa shape index (κ3) is 3.34. The predicted molar refractivity (Wildman–Crippen MR) is 86.7 cm³/mol. The third-order valence-electron chi connectivity index (χ3n) is 4.21. The van der Waals surface area contributed by atoms with Crippen molar-refractivity contribution >= 4 is 16.6 Å². The minimum Gasteiger partial charge on any atom is -0.379 e. The molecular weight excluding hydrogens is 262 g/mol. The lowest BCUT2D eigenvalue weighted by Gasteiger charge is -2.34. The van der Waals surface area contributed by atoms with Crippen molar-refractivity contribution in [2.75, 3.05) is 38.2 Å². The molecule has 1 fully saturated rings. The Balaban J connectivity index is 1.70. The number of hydrogen-bond acceptors (Lipinski definition) is 4. The van der Waals surface area contributed by atoms with Crippen LogP contribution in [0.1, 0.15) is 13.3 Å². The lowest BCUT2D eigenvalue weighted by molar-refractivity contribution is 0.0184. The first kappa shape index (κ1) is 14.3. The second kappa shape index (κ2) is 6.87. The number of hydrogen-bond donors (Lipinski definition) is 1. The maximum atomic E-state index is 5.44. The lowest BCUT2D eigenvalue weighted by atomic mass is 10.1. The summed E-state index contributed by atoms with van der Waals surface area (Å²) in [4.78, 5) is 7.02. The van der Waals surface area contributed by atoms with Crippen molar-refractivity contribution in [3.05, 3.63) is 36.5 Å². The largest absolute Gasteiger partial charge is 0.379 e. The quantitative estimate of drug-likeness (QED) is 0.916. The molecule has 1 aliphatic rings. The number of fused-ring (bicyclic) bond motifs is 1. The van der Waals surface area contributed by atoms with Crippen LogP contribution < -0.4 is 5.32 Å². The summed E-state index contributed by atoms with van der Waals surface area (Å²) in [6.45, 7) is 6.94. The molecule has 2 heterocycles. The number of pyridine rings is 1. The Kier molecular flexibility index (Phi) is 4.68. The van der Waals surface area contributed by atoms with Gasteiger partial charge in [0.15, 0.2) is 0 Å². The maximum absolute atomic E-state index is 5.44. The van der Waals surface area contributed by atoms with Gasteiger partial charge in [-0.15, -0.1) is 0 Å². The molecule has 21 heavy (non-hydrogen) atoms. The second-order valence-electron chi connectivity index (χ2n) is 5.47. The topological polar surface area (TPSA) is 37.4 Å². The molecule has 0 radical (unpaired) electrons. The van der Waals surface area contributed by atoms with Crippen LogP contribution in [-0.4, -0.2) is 48.8 Å². The molecule has 1 saturated heterocycles. The van der Waals surface area contributed by atoms with Crippen molar-refractivity contribution in [1.82, 2.24) is 9.88 Å². The lowest BCUT2D eigenvalue weighted by Crippen LogP contribution is -2.46. The van der Waals surface area contributed by atoms with E-state index in [4.69, 9.17) is 4.74 Å². The average Bonchev–Trinajstić information content (AvgIpc) is 2.56. The molecule has 0 amide bonds. The molecule has 0 aliphatic carbocycles. The summed E-state index contributed by atoms with van der Waals surface area (Å²) in [6.07, 6.45) is 3.01. The van der Waals surface area contributed by atoms with Gasteiger partial charge in [-0.25, -0.2) is 4.98 Å². The number of ether oxygens (including phenoxy) is 1. The van der Waals surface area contributed by atoms with Gasteiger partial charge in [0, 0.05) is 37.3 Å². The van der Waals surface area contributed by atoms with E-state index in [0.29, 0.717) is 6.04 Å². The van der Waals surface area contributed by atoms with E-state index in [9.17, 15) is 0 Å². The van der Waals surface area contributed by atoms with Gasteiger partial charge in [0.25, 0.3) is 0 Å². The molecule has 0 saturated carbocycles. The molecule has 0 bridgehead atoms. The van der Waals surface area contributed by atoms with Gasteiger partial charge in [-0.1, -0.05) is 31.2 Å². The van der Waals surface area contributed by atoms with Gasteiger partial charge in [-0.2, -0.15) is 0 Å². The van der Waals surface area contributed by atoms with Gasteiger partial charge in [0.05, 0.1) is 13.2 Å². The van der Waals surface area contributed by atoms with Crippen LogP contribution in [0.3, 0.4) is 0 Å². The van der Waals surface area contributed by atoms with Crippen LogP contribution in [0.2, 0.25) is 0 Å². The van der Waals surface area contributed by atoms with Crippen molar-refractivity contribution in [2.45, 2.75) is 19.4 Å². The normalized spacial score (nSPS) is 17.8. The van der Waals surface area contributed by atoms with Gasteiger partial charge < -0.3 is 10.1 Å². The molecule has 0 spiro atoms. The highest BCUT2D eigenvalue weighted by atomic mass is 16.5. The molecule has 2 aromatic rings. The number of aromatic nitrogens is 1. The van der Waals surface area contributed by atoms with Crippen molar-refractivity contribution in [3.63, 3.8) is 0 Å². The molecule has 112 valence electrons. The zero-order chi connectivity index (χ0) is 14.5. The Morgan fingerprint density at radius 2 is 2.05 bits per heavy atom. The van der Waals surface area contributed by atoms with Crippen LogP contribution in [0.4, 0.5) is 5.82 Å². The summed E-state index contributed by atoms with van der Waals surface area (Å²) in [6, 6.07) is 11.0. The van der Waals surface area contributed by atoms with Crippen molar-refractivity contribution in [2.24, 2.45) is 0 Å². The molecule has 4 nitrogen and oxygen atoms in total. The van der Waals surface area contributed by atoms with Gasteiger partial charge >= 0.3 is 0 Å². The highest BCUT2D eigenvalue weighted by Crippen LogP contribution is 2.20. The van der Waals surface area contributed by atoms with Gasteiger partial charge in [0.1, 0.15) is 5.82 Å². The van der Waals surface area contributed by atoms with Crippen molar-refractivity contribution in [1.29, 1.82) is 0 Å². The minimum atomic E-state index is 0.537. The van der Waals surface area contributed by atoms with Gasteiger partial charge in [-0.05, 0) is 17.9 Å². The van der Waals surface area contributed by atoms with Crippen molar-refractivity contribution < 1.29 is 4.74 Å². The van der Waals surface area contributed by atoms with E-state index < -0.39 is 0 Å². The number of nitrogens with zero attached hydrogens (tertiary/aromatic N) is 2. The third-order valence-corrected chi connectivity index (χ3v) is 4.21. The second-order valence-corrected chi connectivity index (χ2v) is 5.47. The molecular formula is C17H23N3O. The fourth-order valence-corrected chi connectivity index (χ4v) is 2.95. The summed E-state index contributed by atoms with van der Waals surface area (Å²) in [5.74, 6) is 0.986. The molecule has 3 rings (SSSR count). The summed E-state index contributed by atoms with van der Waals surface area (Å²) in [5, 5.41) is 5.96.